The van der Waals surface area contributed by atoms with E-state index in [-0.39, 0.29) is 0 Å². The van der Waals surface area contributed by atoms with E-state index in [1.54, 1.807) is 6.08 Å². The van der Waals surface area contributed by atoms with Crippen molar-refractivity contribution >= 4 is 5.97 Å². The number of hydrogen-bond acceptors (Lipinski definition) is 2. The third-order valence-electron chi connectivity index (χ3n) is 1.45. The van der Waals surface area contributed by atoms with Crippen LogP contribution in [0.5, 0.6) is 0 Å². The predicted octanol–water partition coefficient (Wildman–Crippen LogP) is 1.02. The minimum atomic E-state index is -0.781. The molecule has 1 atom stereocenters. The van der Waals surface area contributed by atoms with Gasteiger partial charge in [0.2, 0.25) is 0 Å². The zero-order valence-electron chi connectivity index (χ0n) is 6.84. The lowest BCUT2D eigenvalue weighted by Gasteiger charge is -2.10. The molecule has 64 valence electrons. The topological polar surface area (TPSA) is 49.3 Å². The molecular weight excluding hydrogens is 142 g/mol. The average molecular weight is 157 g/mol. The van der Waals surface area contributed by atoms with Gasteiger partial charge in [-0.3, -0.25) is 4.79 Å². The quantitative estimate of drug-likeness (QED) is 0.447. The molecule has 11 heavy (non-hydrogen) atoms. The number of hydrogen-bond donors (Lipinski definition) is 2. The molecule has 3 nitrogen and oxygen atoms in total. The van der Waals surface area contributed by atoms with E-state index in [9.17, 15) is 4.79 Å². The second kappa shape index (κ2) is 5.92. The fourth-order valence-corrected chi connectivity index (χ4v) is 0.766. The van der Waals surface area contributed by atoms with Crippen molar-refractivity contribution in [2.45, 2.75) is 25.8 Å². The Morgan fingerprint density at radius 2 is 2.45 bits per heavy atom. The van der Waals surface area contributed by atoms with Crippen LogP contribution in [-0.4, -0.2) is 23.7 Å². The molecule has 0 aliphatic heterocycles. The SMILES string of the molecule is C=CCCNC(CC)C(=O)O. The summed E-state index contributed by atoms with van der Waals surface area (Å²) in [5.41, 5.74) is 0. The van der Waals surface area contributed by atoms with Gasteiger partial charge in [-0.2, -0.15) is 0 Å². The van der Waals surface area contributed by atoms with Crippen LogP contribution in [0.1, 0.15) is 19.8 Å². The van der Waals surface area contributed by atoms with E-state index in [1.807, 2.05) is 6.92 Å². The maximum atomic E-state index is 10.4. The summed E-state index contributed by atoms with van der Waals surface area (Å²) in [7, 11) is 0. The first kappa shape index (κ1) is 10.2. The van der Waals surface area contributed by atoms with Crippen molar-refractivity contribution in [3.63, 3.8) is 0 Å². The van der Waals surface area contributed by atoms with Gasteiger partial charge in [-0.15, -0.1) is 6.58 Å². The molecule has 0 fully saturated rings. The van der Waals surface area contributed by atoms with E-state index in [2.05, 4.69) is 11.9 Å². The number of rotatable bonds is 6. The number of aliphatic carboxylic acids is 1. The highest BCUT2D eigenvalue weighted by atomic mass is 16.4. The van der Waals surface area contributed by atoms with Gasteiger partial charge in [-0.1, -0.05) is 13.0 Å². The van der Waals surface area contributed by atoms with E-state index >= 15 is 0 Å². The molecule has 3 heteroatoms. The van der Waals surface area contributed by atoms with Crippen molar-refractivity contribution in [3.05, 3.63) is 12.7 Å². The second-order valence-corrected chi connectivity index (χ2v) is 2.33. The van der Waals surface area contributed by atoms with E-state index in [1.165, 1.54) is 0 Å². The van der Waals surface area contributed by atoms with Crippen LogP contribution < -0.4 is 5.32 Å². The third kappa shape index (κ3) is 4.56. The largest absolute Gasteiger partial charge is 0.480 e. The number of carboxylic acids is 1. The summed E-state index contributed by atoms with van der Waals surface area (Å²) in [4.78, 5) is 10.4. The van der Waals surface area contributed by atoms with Crippen molar-refractivity contribution in [2.75, 3.05) is 6.54 Å². The minimum Gasteiger partial charge on any atom is -0.480 e. The van der Waals surface area contributed by atoms with Gasteiger partial charge in [0.05, 0.1) is 0 Å². The number of carbonyl (C=O) groups is 1. The smallest absolute Gasteiger partial charge is 0.320 e. The van der Waals surface area contributed by atoms with Gasteiger partial charge < -0.3 is 10.4 Å². The third-order valence-corrected chi connectivity index (χ3v) is 1.45. The van der Waals surface area contributed by atoms with Crippen molar-refractivity contribution in [1.82, 2.24) is 5.32 Å². The Morgan fingerprint density at radius 1 is 1.82 bits per heavy atom. The van der Waals surface area contributed by atoms with Gasteiger partial charge in [0, 0.05) is 0 Å². The fraction of sp³-hybridized carbons (Fsp3) is 0.625. The Kier molecular flexibility index (Phi) is 5.47. The molecular formula is C8H15NO2. The molecule has 2 N–H and O–H groups in total. The van der Waals surface area contributed by atoms with Gasteiger partial charge in [0.25, 0.3) is 0 Å². The summed E-state index contributed by atoms with van der Waals surface area (Å²) >= 11 is 0. The van der Waals surface area contributed by atoms with Crippen LogP contribution in [0.15, 0.2) is 12.7 Å². The lowest BCUT2D eigenvalue weighted by molar-refractivity contribution is -0.139. The first-order valence-corrected chi connectivity index (χ1v) is 3.79. The maximum absolute atomic E-state index is 10.4. The Morgan fingerprint density at radius 3 is 2.82 bits per heavy atom. The summed E-state index contributed by atoms with van der Waals surface area (Å²) < 4.78 is 0. The molecule has 1 unspecified atom stereocenters. The standard InChI is InChI=1S/C8H15NO2/c1-3-5-6-9-7(4-2)8(10)11/h3,7,9H,1,4-6H2,2H3,(H,10,11). The summed E-state index contributed by atoms with van der Waals surface area (Å²) in [6.07, 6.45) is 3.19. The number of nitrogens with one attached hydrogen (secondary N) is 1. The molecule has 0 aromatic heterocycles. The first-order valence-electron chi connectivity index (χ1n) is 3.79. The van der Waals surface area contributed by atoms with Crippen LogP contribution in [0.25, 0.3) is 0 Å². The molecule has 0 aromatic rings. The van der Waals surface area contributed by atoms with Gasteiger partial charge >= 0.3 is 5.97 Å². The molecule has 0 saturated heterocycles. The number of carboxylic acid groups (broad SMARTS) is 1. The summed E-state index contributed by atoms with van der Waals surface area (Å²) in [6, 6.07) is -0.407. The van der Waals surface area contributed by atoms with E-state index < -0.39 is 12.0 Å². The molecule has 0 radical (unpaired) electrons. The van der Waals surface area contributed by atoms with E-state index in [0.29, 0.717) is 13.0 Å². The van der Waals surface area contributed by atoms with E-state index in [0.717, 1.165) is 6.42 Å². The average Bonchev–Trinajstić information content (AvgIpc) is 1.97. The molecule has 0 spiro atoms. The molecule has 0 heterocycles. The van der Waals surface area contributed by atoms with Crippen molar-refractivity contribution < 1.29 is 9.90 Å². The zero-order valence-corrected chi connectivity index (χ0v) is 6.84. The van der Waals surface area contributed by atoms with Crippen LogP contribution in [0, 0.1) is 0 Å². The van der Waals surface area contributed by atoms with Gasteiger partial charge in [-0.25, -0.2) is 0 Å². The second-order valence-electron chi connectivity index (χ2n) is 2.33. The maximum Gasteiger partial charge on any atom is 0.320 e. The summed E-state index contributed by atoms with van der Waals surface area (Å²) in [6.45, 7) is 6.08. The van der Waals surface area contributed by atoms with Crippen LogP contribution in [-0.2, 0) is 4.79 Å². The molecule has 0 amide bonds. The fourth-order valence-electron chi connectivity index (χ4n) is 0.766. The molecule has 0 rings (SSSR count). The highest BCUT2D eigenvalue weighted by molar-refractivity contribution is 5.73. The molecule has 0 bridgehead atoms. The Labute approximate surface area is 67.1 Å². The Hall–Kier alpha value is -0.830. The van der Waals surface area contributed by atoms with Crippen molar-refractivity contribution in [3.8, 4) is 0 Å². The van der Waals surface area contributed by atoms with Gasteiger partial charge in [0.1, 0.15) is 6.04 Å². The summed E-state index contributed by atoms with van der Waals surface area (Å²) in [5.74, 6) is -0.781. The Bertz CT molecular complexity index is 134. The van der Waals surface area contributed by atoms with E-state index in [4.69, 9.17) is 5.11 Å². The van der Waals surface area contributed by atoms with Crippen molar-refractivity contribution in [1.29, 1.82) is 0 Å². The monoisotopic (exact) mass is 157 g/mol. The molecule has 0 aliphatic carbocycles. The highest BCUT2D eigenvalue weighted by Crippen LogP contribution is 1.90. The van der Waals surface area contributed by atoms with Crippen LogP contribution in [0.3, 0.4) is 0 Å². The molecule has 0 aromatic carbocycles. The molecule has 0 saturated carbocycles. The van der Waals surface area contributed by atoms with Crippen molar-refractivity contribution in [2.24, 2.45) is 0 Å². The lowest BCUT2D eigenvalue weighted by atomic mass is 10.2. The predicted molar refractivity (Wildman–Crippen MR) is 44.5 cm³/mol. The minimum absolute atomic E-state index is 0.407. The van der Waals surface area contributed by atoms with Crippen LogP contribution in [0.2, 0.25) is 0 Å². The molecule has 0 aliphatic rings. The zero-order chi connectivity index (χ0) is 8.69. The highest BCUT2D eigenvalue weighted by Gasteiger charge is 2.12. The van der Waals surface area contributed by atoms with Crippen LogP contribution >= 0.6 is 0 Å². The van der Waals surface area contributed by atoms with Crippen LogP contribution in [0.4, 0.5) is 0 Å². The normalized spacial score (nSPS) is 12.5. The van der Waals surface area contributed by atoms with Gasteiger partial charge in [0.15, 0.2) is 0 Å². The Balaban J connectivity index is 3.52. The first-order chi connectivity index (χ1) is 5.22. The summed E-state index contributed by atoms with van der Waals surface area (Å²) in [5, 5.41) is 11.5. The van der Waals surface area contributed by atoms with Gasteiger partial charge in [-0.05, 0) is 19.4 Å². The lowest BCUT2D eigenvalue weighted by Crippen LogP contribution is -2.36.